The van der Waals surface area contributed by atoms with Crippen LogP contribution in [0.25, 0.3) is 0 Å². The molecule has 0 fully saturated rings. The fourth-order valence-corrected chi connectivity index (χ4v) is 2.04. The number of nitrogens with zero attached hydrogens (tertiary/aromatic N) is 1. The Morgan fingerprint density at radius 1 is 1.35 bits per heavy atom. The Labute approximate surface area is 139 Å². The minimum atomic E-state index is -0.399. The first kappa shape index (κ1) is 16.8. The second-order valence-corrected chi connectivity index (χ2v) is 5.42. The van der Waals surface area contributed by atoms with Gasteiger partial charge in [0.15, 0.2) is 6.61 Å². The average molecular weight is 333 g/mol. The number of rotatable bonds is 5. The van der Waals surface area contributed by atoms with E-state index in [1.54, 1.807) is 12.1 Å². The van der Waals surface area contributed by atoms with Gasteiger partial charge in [-0.1, -0.05) is 23.7 Å². The maximum absolute atomic E-state index is 11.7. The van der Waals surface area contributed by atoms with Crippen molar-refractivity contribution < 1.29 is 14.6 Å². The Morgan fingerprint density at radius 2 is 2.13 bits per heavy atom. The van der Waals surface area contributed by atoms with Crippen molar-refractivity contribution in [1.82, 2.24) is 5.43 Å². The number of benzene rings is 2. The van der Waals surface area contributed by atoms with Crippen molar-refractivity contribution in [2.45, 2.75) is 13.8 Å². The quantitative estimate of drug-likeness (QED) is 0.652. The summed E-state index contributed by atoms with van der Waals surface area (Å²) in [6.07, 6.45) is 1.32. The second-order valence-electron chi connectivity index (χ2n) is 4.98. The maximum Gasteiger partial charge on any atom is 0.277 e. The minimum absolute atomic E-state index is 0.0269. The van der Waals surface area contributed by atoms with Gasteiger partial charge in [-0.05, 0) is 49.2 Å². The van der Waals surface area contributed by atoms with E-state index in [0.29, 0.717) is 16.3 Å². The van der Waals surface area contributed by atoms with Gasteiger partial charge in [-0.25, -0.2) is 5.43 Å². The smallest absolute Gasteiger partial charge is 0.277 e. The summed E-state index contributed by atoms with van der Waals surface area (Å²) < 4.78 is 5.47. The predicted molar refractivity (Wildman–Crippen MR) is 90.3 cm³/mol. The first-order chi connectivity index (χ1) is 11.0. The number of ether oxygens (including phenoxy) is 1. The molecule has 120 valence electrons. The number of nitrogens with one attached hydrogen (secondary N) is 1. The number of hydrogen-bond donors (Lipinski definition) is 2. The standard InChI is InChI=1S/C17H17ClN2O3/c1-11-4-3-5-16(12(11)2)23-10-17(22)20-19-9-13-8-14(18)6-7-15(13)21/h3-9,21H,10H2,1-2H3,(H,20,22)/b19-9-. The summed E-state index contributed by atoms with van der Waals surface area (Å²) in [5.41, 5.74) is 4.83. The summed E-state index contributed by atoms with van der Waals surface area (Å²) in [7, 11) is 0. The zero-order valence-corrected chi connectivity index (χ0v) is 13.6. The Bertz CT molecular complexity index is 745. The van der Waals surface area contributed by atoms with Crippen LogP contribution < -0.4 is 10.2 Å². The van der Waals surface area contributed by atoms with Gasteiger partial charge in [0, 0.05) is 10.6 Å². The molecule has 0 aliphatic carbocycles. The topological polar surface area (TPSA) is 70.9 Å². The first-order valence-electron chi connectivity index (χ1n) is 6.97. The van der Waals surface area contributed by atoms with Crippen molar-refractivity contribution in [3.63, 3.8) is 0 Å². The highest BCUT2D eigenvalue weighted by atomic mass is 35.5. The van der Waals surface area contributed by atoms with E-state index < -0.39 is 5.91 Å². The van der Waals surface area contributed by atoms with Crippen molar-refractivity contribution in [2.75, 3.05) is 6.61 Å². The average Bonchev–Trinajstić information content (AvgIpc) is 2.52. The van der Waals surface area contributed by atoms with Gasteiger partial charge < -0.3 is 9.84 Å². The summed E-state index contributed by atoms with van der Waals surface area (Å²) in [5.74, 6) is 0.291. The van der Waals surface area contributed by atoms with Crippen molar-refractivity contribution >= 4 is 23.7 Å². The number of hydrazone groups is 1. The summed E-state index contributed by atoms with van der Waals surface area (Å²) >= 11 is 5.82. The molecule has 0 saturated carbocycles. The Morgan fingerprint density at radius 3 is 2.91 bits per heavy atom. The summed E-state index contributed by atoms with van der Waals surface area (Å²) in [4.78, 5) is 11.7. The second kappa shape index (κ2) is 7.65. The monoisotopic (exact) mass is 332 g/mol. The lowest BCUT2D eigenvalue weighted by Crippen LogP contribution is -2.24. The zero-order chi connectivity index (χ0) is 16.8. The molecular formula is C17H17ClN2O3. The molecular weight excluding hydrogens is 316 g/mol. The summed E-state index contributed by atoms with van der Waals surface area (Å²) in [6, 6.07) is 10.2. The van der Waals surface area contributed by atoms with Gasteiger partial charge in [0.25, 0.3) is 5.91 Å². The highest BCUT2D eigenvalue weighted by Crippen LogP contribution is 2.20. The lowest BCUT2D eigenvalue weighted by Gasteiger charge is -2.09. The SMILES string of the molecule is Cc1cccc(OCC(=O)N/N=C\c2cc(Cl)ccc2O)c1C. The third kappa shape index (κ3) is 4.72. The molecule has 2 aromatic carbocycles. The van der Waals surface area contributed by atoms with Crippen LogP contribution in [0.3, 0.4) is 0 Å². The molecule has 2 rings (SSSR count). The molecule has 1 amide bonds. The number of aryl methyl sites for hydroxylation is 1. The van der Waals surface area contributed by atoms with Gasteiger partial charge in [-0.15, -0.1) is 0 Å². The van der Waals surface area contributed by atoms with E-state index in [4.69, 9.17) is 16.3 Å². The van der Waals surface area contributed by atoms with Crippen molar-refractivity contribution in [2.24, 2.45) is 5.10 Å². The van der Waals surface area contributed by atoms with Crippen LogP contribution in [0.15, 0.2) is 41.5 Å². The molecule has 6 heteroatoms. The number of hydrogen-bond acceptors (Lipinski definition) is 4. The number of halogens is 1. The Hall–Kier alpha value is -2.53. The van der Waals surface area contributed by atoms with Gasteiger partial charge in [0.1, 0.15) is 11.5 Å². The predicted octanol–water partition coefficient (Wildman–Crippen LogP) is 3.19. The fraction of sp³-hybridized carbons (Fsp3) is 0.176. The van der Waals surface area contributed by atoms with E-state index in [1.165, 1.54) is 12.3 Å². The van der Waals surface area contributed by atoms with E-state index in [9.17, 15) is 9.90 Å². The van der Waals surface area contributed by atoms with Gasteiger partial charge in [-0.3, -0.25) is 4.79 Å². The molecule has 0 aliphatic rings. The number of phenolic OH excluding ortho intramolecular Hbond substituents is 1. The molecule has 0 unspecified atom stereocenters. The number of phenols is 1. The van der Waals surface area contributed by atoms with Gasteiger partial charge >= 0.3 is 0 Å². The maximum atomic E-state index is 11.7. The Balaban J connectivity index is 1.89. The molecule has 0 spiro atoms. The number of carbonyl (C=O) groups is 1. The van der Waals surface area contributed by atoms with E-state index in [0.717, 1.165) is 11.1 Å². The number of aromatic hydroxyl groups is 1. The van der Waals surface area contributed by atoms with Crippen LogP contribution in [-0.2, 0) is 4.79 Å². The molecule has 23 heavy (non-hydrogen) atoms. The highest BCUT2D eigenvalue weighted by Gasteiger charge is 2.05. The van der Waals surface area contributed by atoms with Gasteiger partial charge in [0.2, 0.25) is 0 Å². The largest absolute Gasteiger partial charge is 0.507 e. The molecule has 0 radical (unpaired) electrons. The van der Waals surface area contributed by atoms with Crippen LogP contribution in [0.2, 0.25) is 5.02 Å². The van der Waals surface area contributed by atoms with E-state index in [2.05, 4.69) is 10.5 Å². The molecule has 0 saturated heterocycles. The third-order valence-electron chi connectivity index (χ3n) is 3.30. The highest BCUT2D eigenvalue weighted by molar-refractivity contribution is 6.30. The Kier molecular flexibility index (Phi) is 5.60. The van der Waals surface area contributed by atoms with E-state index in [-0.39, 0.29) is 12.4 Å². The summed E-state index contributed by atoms with van der Waals surface area (Å²) in [5, 5.41) is 13.9. The molecule has 0 heterocycles. The molecule has 0 aliphatic heterocycles. The molecule has 5 nitrogen and oxygen atoms in total. The van der Waals surface area contributed by atoms with Crippen LogP contribution in [0.5, 0.6) is 11.5 Å². The first-order valence-corrected chi connectivity index (χ1v) is 7.34. The number of carbonyl (C=O) groups excluding carboxylic acids is 1. The lowest BCUT2D eigenvalue weighted by atomic mass is 10.1. The normalized spacial score (nSPS) is 10.7. The molecule has 0 aromatic heterocycles. The molecule has 0 bridgehead atoms. The number of amides is 1. The summed E-state index contributed by atoms with van der Waals surface area (Å²) in [6.45, 7) is 3.76. The van der Waals surface area contributed by atoms with Crippen LogP contribution in [0.1, 0.15) is 16.7 Å². The van der Waals surface area contributed by atoms with Crippen LogP contribution in [0.4, 0.5) is 0 Å². The van der Waals surface area contributed by atoms with Crippen LogP contribution in [0, 0.1) is 13.8 Å². The van der Waals surface area contributed by atoms with Crippen molar-refractivity contribution in [3.8, 4) is 11.5 Å². The molecule has 0 atom stereocenters. The minimum Gasteiger partial charge on any atom is -0.507 e. The molecule has 2 aromatic rings. The van der Waals surface area contributed by atoms with Gasteiger partial charge in [0.05, 0.1) is 6.21 Å². The zero-order valence-electron chi connectivity index (χ0n) is 12.8. The van der Waals surface area contributed by atoms with Crippen molar-refractivity contribution in [3.05, 3.63) is 58.1 Å². The van der Waals surface area contributed by atoms with E-state index in [1.807, 2.05) is 32.0 Å². The van der Waals surface area contributed by atoms with Crippen LogP contribution >= 0.6 is 11.6 Å². The van der Waals surface area contributed by atoms with Crippen LogP contribution in [-0.4, -0.2) is 23.8 Å². The lowest BCUT2D eigenvalue weighted by molar-refractivity contribution is -0.123. The third-order valence-corrected chi connectivity index (χ3v) is 3.53. The molecule has 2 N–H and O–H groups in total. The van der Waals surface area contributed by atoms with Crippen molar-refractivity contribution in [1.29, 1.82) is 0 Å². The van der Waals surface area contributed by atoms with Gasteiger partial charge in [-0.2, -0.15) is 5.10 Å². The van der Waals surface area contributed by atoms with E-state index >= 15 is 0 Å². The fourth-order valence-electron chi connectivity index (χ4n) is 1.86.